The molecule has 0 saturated heterocycles. The van der Waals surface area contributed by atoms with Crippen LogP contribution in [0.15, 0.2) is 24.3 Å². The second kappa shape index (κ2) is 6.11. The lowest BCUT2D eigenvalue weighted by atomic mass is 10.0. The van der Waals surface area contributed by atoms with Crippen LogP contribution in [-0.4, -0.2) is 16.3 Å². The Bertz CT molecular complexity index is 301. The first kappa shape index (κ1) is 12.5. The molecule has 1 rings (SSSR count). The predicted molar refractivity (Wildman–Crippen MR) is 61.9 cm³/mol. The van der Waals surface area contributed by atoms with E-state index in [1.807, 2.05) is 0 Å². The molecule has 15 heavy (non-hydrogen) atoms. The molecule has 0 spiro atoms. The van der Waals surface area contributed by atoms with Crippen molar-refractivity contribution in [2.24, 2.45) is 0 Å². The van der Waals surface area contributed by atoms with Crippen LogP contribution in [-0.2, 0) is 0 Å². The van der Waals surface area contributed by atoms with Gasteiger partial charge in [0.1, 0.15) is 6.10 Å². The molecule has 84 valence electrons. The van der Waals surface area contributed by atoms with Crippen LogP contribution in [0.5, 0.6) is 0 Å². The fourth-order valence-corrected chi connectivity index (χ4v) is 1.74. The lowest BCUT2D eigenvalue weighted by molar-refractivity contribution is 0.0123. The van der Waals surface area contributed by atoms with Gasteiger partial charge in [-0.05, 0) is 12.5 Å². The Morgan fingerprint density at radius 1 is 1.27 bits per heavy atom. The van der Waals surface area contributed by atoms with Crippen molar-refractivity contribution < 1.29 is 10.2 Å². The lowest BCUT2D eigenvalue weighted by Crippen LogP contribution is -2.18. The number of aliphatic hydroxyl groups is 2. The monoisotopic (exact) mass is 228 g/mol. The molecule has 0 amide bonds. The summed E-state index contributed by atoms with van der Waals surface area (Å²) in [6.07, 6.45) is 0.896. The van der Waals surface area contributed by atoms with E-state index < -0.39 is 12.2 Å². The average molecular weight is 229 g/mol. The average Bonchev–Trinajstić information content (AvgIpc) is 2.25. The highest BCUT2D eigenvalue weighted by molar-refractivity contribution is 6.31. The van der Waals surface area contributed by atoms with Gasteiger partial charge in [0.25, 0.3) is 0 Å². The molecule has 2 nitrogen and oxygen atoms in total. The molecular formula is C12H17ClO2. The van der Waals surface area contributed by atoms with Gasteiger partial charge in [-0.2, -0.15) is 0 Å². The minimum Gasteiger partial charge on any atom is -0.390 e. The summed E-state index contributed by atoms with van der Waals surface area (Å²) < 4.78 is 0. The van der Waals surface area contributed by atoms with Crippen molar-refractivity contribution >= 4 is 11.6 Å². The molecule has 0 aromatic heterocycles. The topological polar surface area (TPSA) is 40.5 Å². The van der Waals surface area contributed by atoms with Crippen molar-refractivity contribution in [1.29, 1.82) is 0 Å². The summed E-state index contributed by atoms with van der Waals surface area (Å²) in [4.78, 5) is 0. The molecule has 0 radical (unpaired) electrons. The van der Waals surface area contributed by atoms with Gasteiger partial charge in [-0.15, -0.1) is 0 Å². The summed E-state index contributed by atoms with van der Waals surface area (Å²) in [5.41, 5.74) is 0.600. The van der Waals surface area contributed by atoms with Crippen LogP contribution in [0.4, 0.5) is 0 Å². The van der Waals surface area contributed by atoms with Crippen LogP contribution < -0.4 is 0 Å². The number of aliphatic hydroxyl groups excluding tert-OH is 2. The number of hydrogen-bond donors (Lipinski definition) is 2. The summed E-state index contributed by atoms with van der Waals surface area (Å²) in [5, 5.41) is 20.1. The van der Waals surface area contributed by atoms with Crippen molar-refractivity contribution in [2.75, 3.05) is 0 Å². The number of halogens is 1. The molecule has 0 heterocycles. The Labute approximate surface area is 95.5 Å². The normalized spacial score (nSPS) is 14.9. The van der Waals surface area contributed by atoms with E-state index in [0.717, 1.165) is 12.8 Å². The van der Waals surface area contributed by atoms with Gasteiger partial charge in [-0.25, -0.2) is 0 Å². The standard InChI is InChI=1S/C12H17ClO2/c1-2-3-8-11(14)12(15)9-6-4-5-7-10(9)13/h4-7,11-12,14-15H,2-3,8H2,1H3/t11-,12-/m0/s1. The van der Waals surface area contributed by atoms with Gasteiger partial charge < -0.3 is 10.2 Å². The molecule has 0 saturated carbocycles. The van der Waals surface area contributed by atoms with E-state index in [-0.39, 0.29) is 0 Å². The molecule has 3 heteroatoms. The minimum atomic E-state index is -0.884. The zero-order valence-corrected chi connectivity index (χ0v) is 9.61. The highest BCUT2D eigenvalue weighted by atomic mass is 35.5. The van der Waals surface area contributed by atoms with Gasteiger partial charge in [0.15, 0.2) is 0 Å². The van der Waals surface area contributed by atoms with E-state index in [0.29, 0.717) is 17.0 Å². The van der Waals surface area contributed by atoms with Crippen molar-refractivity contribution in [1.82, 2.24) is 0 Å². The van der Waals surface area contributed by atoms with E-state index in [4.69, 9.17) is 11.6 Å². The smallest absolute Gasteiger partial charge is 0.106 e. The van der Waals surface area contributed by atoms with Crippen LogP contribution >= 0.6 is 11.6 Å². The fourth-order valence-electron chi connectivity index (χ4n) is 1.49. The maximum absolute atomic E-state index is 9.86. The highest BCUT2D eigenvalue weighted by Gasteiger charge is 2.19. The third kappa shape index (κ3) is 3.49. The maximum Gasteiger partial charge on any atom is 0.106 e. The zero-order chi connectivity index (χ0) is 11.3. The van der Waals surface area contributed by atoms with E-state index in [1.54, 1.807) is 24.3 Å². The molecule has 2 N–H and O–H groups in total. The van der Waals surface area contributed by atoms with Crippen molar-refractivity contribution in [3.63, 3.8) is 0 Å². The first-order valence-electron chi connectivity index (χ1n) is 5.27. The van der Waals surface area contributed by atoms with Crippen LogP contribution in [0, 0.1) is 0 Å². The van der Waals surface area contributed by atoms with Gasteiger partial charge in [-0.3, -0.25) is 0 Å². The number of hydrogen-bond acceptors (Lipinski definition) is 2. The molecule has 0 unspecified atom stereocenters. The predicted octanol–water partition coefficient (Wildman–Crippen LogP) is 2.92. The molecule has 1 aromatic rings. The molecular weight excluding hydrogens is 212 g/mol. The molecule has 0 aliphatic heterocycles. The van der Waals surface area contributed by atoms with Gasteiger partial charge in [-0.1, -0.05) is 49.6 Å². The van der Waals surface area contributed by atoms with Crippen LogP contribution in [0.1, 0.15) is 37.9 Å². The molecule has 1 aromatic carbocycles. The summed E-state index contributed by atoms with van der Waals surface area (Å²) in [6.45, 7) is 2.05. The summed E-state index contributed by atoms with van der Waals surface area (Å²) in [6, 6.07) is 7.06. The molecule has 2 atom stereocenters. The Morgan fingerprint density at radius 3 is 2.53 bits per heavy atom. The van der Waals surface area contributed by atoms with Crippen molar-refractivity contribution in [3.05, 3.63) is 34.9 Å². The second-order valence-electron chi connectivity index (χ2n) is 3.68. The molecule has 0 bridgehead atoms. The largest absolute Gasteiger partial charge is 0.390 e. The number of rotatable bonds is 5. The van der Waals surface area contributed by atoms with Gasteiger partial charge in [0.05, 0.1) is 6.10 Å². The SMILES string of the molecule is CCCC[C@H](O)[C@@H](O)c1ccccc1Cl. The Balaban J connectivity index is 2.67. The van der Waals surface area contributed by atoms with Gasteiger partial charge in [0.2, 0.25) is 0 Å². The van der Waals surface area contributed by atoms with E-state index in [2.05, 4.69) is 6.92 Å². The van der Waals surface area contributed by atoms with E-state index in [9.17, 15) is 10.2 Å². The van der Waals surface area contributed by atoms with Gasteiger partial charge in [0, 0.05) is 10.6 Å². The fraction of sp³-hybridized carbons (Fsp3) is 0.500. The highest BCUT2D eigenvalue weighted by Crippen LogP contribution is 2.26. The molecule has 0 aliphatic carbocycles. The quantitative estimate of drug-likeness (QED) is 0.814. The first-order chi connectivity index (χ1) is 7.16. The molecule has 0 fully saturated rings. The summed E-state index contributed by atoms with van der Waals surface area (Å²) in [5.74, 6) is 0. The third-order valence-electron chi connectivity index (χ3n) is 2.44. The maximum atomic E-state index is 9.86. The third-order valence-corrected chi connectivity index (χ3v) is 2.79. The van der Waals surface area contributed by atoms with E-state index >= 15 is 0 Å². The van der Waals surface area contributed by atoms with Crippen molar-refractivity contribution in [3.8, 4) is 0 Å². The van der Waals surface area contributed by atoms with Crippen LogP contribution in [0.3, 0.4) is 0 Å². The first-order valence-corrected chi connectivity index (χ1v) is 5.65. The molecule has 0 aliphatic rings. The summed E-state index contributed by atoms with van der Waals surface area (Å²) in [7, 11) is 0. The number of unbranched alkanes of at least 4 members (excludes halogenated alkanes) is 1. The van der Waals surface area contributed by atoms with E-state index in [1.165, 1.54) is 0 Å². The Kier molecular flexibility index (Phi) is 5.09. The zero-order valence-electron chi connectivity index (χ0n) is 8.86. The second-order valence-corrected chi connectivity index (χ2v) is 4.08. The number of benzene rings is 1. The summed E-state index contributed by atoms with van der Waals surface area (Å²) >= 11 is 5.93. The van der Waals surface area contributed by atoms with Gasteiger partial charge >= 0.3 is 0 Å². The van der Waals surface area contributed by atoms with Crippen LogP contribution in [0.2, 0.25) is 5.02 Å². The van der Waals surface area contributed by atoms with Crippen molar-refractivity contribution in [2.45, 2.75) is 38.4 Å². The Morgan fingerprint density at radius 2 is 1.93 bits per heavy atom. The minimum absolute atomic E-state index is 0.501. The lowest BCUT2D eigenvalue weighted by Gasteiger charge is -2.18. The Hall–Kier alpha value is -0.570. The van der Waals surface area contributed by atoms with Crippen LogP contribution in [0.25, 0.3) is 0 Å².